The summed E-state index contributed by atoms with van der Waals surface area (Å²) in [6.45, 7) is 4.10. The fourth-order valence-electron chi connectivity index (χ4n) is 2.88. The van der Waals surface area contributed by atoms with Gasteiger partial charge in [0.1, 0.15) is 5.56 Å². The lowest BCUT2D eigenvalue weighted by atomic mass is 10.2. The van der Waals surface area contributed by atoms with Gasteiger partial charge in [-0.15, -0.1) is 0 Å². The number of halogens is 1. The fourth-order valence-corrected chi connectivity index (χ4v) is 3.07. The molecule has 0 bridgehead atoms. The number of amides is 1. The zero-order chi connectivity index (χ0) is 18.7. The molecule has 1 aromatic carbocycles. The number of hydrogen-bond donors (Lipinski definition) is 0. The van der Waals surface area contributed by atoms with Crippen LogP contribution in [0, 0.1) is 6.92 Å². The van der Waals surface area contributed by atoms with Crippen LogP contribution in [0.2, 0.25) is 5.02 Å². The van der Waals surface area contributed by atoms with Crippen LogP contribution in [0.5, 0.6) is 0 Å². The Labute approximate surface area is 157 Å². The second-order valence-corrected chi connectivity index (χ2v) is 6.63. The number of benzene rings is 1. The third kappa shape index (κ3) is 3.99. The van der Waals surface area contributed by atoms with Crippen molar-refractivity contribution in [1.29, 1.82) is 0 Å². The topological polar surface area (TPSA) is 67.7 Å². The predicted molar refractivity (Wildman–Crippen MR) is 98.5 cm³/mol. The van der Waals surface area contributed by atoms with Crippen LogP contribution >= 0.6 is 11.6 Å². The highest BCUT2D eigenvalue weighted by Gasteiger charge is 2.23. The monoisotopic (exact) mass is 376 g/mol. The Hall–Kier alpha value is -2.54. The molecule has 2 heterocycles. The van der Waals surface area contributed by atoms with Gasteiger partial charge in [-0.2, -0.15) is 5.10 Å². The molecule has 138 valence electrons. The smallest absolute Gasteiger partial charge is 0.342 e. The Morgan fingerprint density at radius 3 is 2.58 bits per heavy atom. The zero-order valence-corrected chi connectivity index (χ0v) is 15.6. The average molecular weight is 377 g/mol. The molecule has 2 aromatic rings. The van der Waals surface area contributed by atoms with Gasteiger partial charge in [0.25, 0.3) is 5.91 Å². The zero-order valence-electron chi connectivity index (χ0n) is 14.8. The van der Waals surface area contributed by atoms with Crippen LogP contribution in [0.4, 0.5) is 5.69 Å². The number of rotatable bonds is 4. The van der Waals surface area contributed by atoms with Crippen molar-refractivity contribution in [2.24, 2.45) is 7.05 Å². The van der Waals surface area contributed by atoms with Gasteiger partial charge in [-0.3, -0.25) is 9.48 Å². The van der Waals surface area contributed by atoms with Crippen molar-refractivity contribution < 1.29 is 14.3 Å². The molecule has 0 atom stereocenters. The molecule has 0 unspecified atom stereocenters. The van der Waals surface area contributed by atoms with Gasteiger partial charge in [-0.25, -0.2) is 4.79 Å². The summed E-state index contributed by atoms with van der Waals surface area (Å²) in [6, 6.07) is 7.66. The third-order valence-corrected chi connectivity index (χ3v) is 4.82. The molecule has 26 heavy (non-hydrogen) atoms. The van der Waals surface area contributed by atoms with Gasteiger partial charge in [-0.1, -0.05) is 17.7 Å². The summed E-state index contributed by atoms with van der Waals surface area (Å²) in [5.74, 6) is -0.716. The summed E-state index contributed by atoms with van der Waals surface area (Å²) in [7, 11) is 1.75. The molecule has 8 heteroatoms. The molecular weight excluding hydrogens is 356 g/mol. The second-order valence-electron chi connectivity index (χ2n) is 6.19. The molecule has 1 amide bonds. The normalized spacial score (nSPS) is 14.4. The van der Waals surface area contributed by atoms with Crippen molar-refractivity contribution in [3.05, 3.63) is 46.7 Å². The van der Waals surface area contributed by atoms with Crippen molar-refractivity contribution in [2.45, 2.75) is 6.92 Å². The van der Waals surface area contributed by atoms with E-state index in [0.29, 0.717) is 42.5 Å². The Balaban J connectivity index is 1.49. The lowest BCUT2D eigenvalue weighted by Gasteiger charge is -2.36. The number of hydrogen-bond acceptors (Lipinski definition) is 5. The summed E-state index contributed by atoms with van der Waals surface area (Å²) < 4.78 is 6.74. The van der Waals surface area contributed by atoms with Gasteiger partial charge in [-0.05, 0) is 25.1 Å². The molecule has 1 aliphatic rings. The maximum atomic E-state index is 12.3. The van der Waals surface area contributed by atoms with E-state index in [1.165, 1.54) is 6.20 Å². The molecule has 0 aliphatic carbocycles. The first-order chi connectivity index (χ1) is 12.5. The van der Waals surface area contributed by atoms with Crippen molar-refractivity contribution in [3.63, 3.8) is 0 Å². The van der Waals surface area contributed by atoms with Crippen LogP contribution in [-0.2, 0) is 16.6 Å². The van der Waals surface area contributed by atoms with E-state index in [9.17, 15) is 9.59 Å². The van der Waals surface area contributed by atoms with E-state index in [1.807, 2.05) is 24.3 Å². The van der Waals surface area contributed by atoms with Crippen LogP contribution in [0.15, 0.2) is 30.5 Å². The lowest BCUT2D eigenvalue weighted by Crippen LogP contribution is -2.49. The SMILES string of the molecule is Cc1c(C(=O)OCC(=O)N2CCN(c3cccc(Cl)c3)CC2)cnn1C. The molecule has 1 fully saturated rings. The van der Waals surface area contributed by atoms with Crippen LogP contribution in [0.25, 0.3) is 0 Å². The van der Waals surface area contributed by atoms with Gasteiger partial charge in [0.05, 0.1) is 6.20 Å². The number of aryl methyl sites for hydroxylation is 1. The van der Waals surface area contributed by atoms with Gasteiger partial charge < -0.3 is 14.5 Å². The molecule has 1 aliphatic heterocycles. The molecule has 0 radical (unpaired) electrons. The van der Waals surface area contributed by atoms with Crippen LogP contribution in [0.1, 0.15) is 16.1 Å². The number of ether oxygens (including phenoxy) is 1. The molecule has 3 rings (SSSR count). The van der Waals surface area contributed by atoms with Crippen molar-refractivity contribution in [2.75, 3.05) is 37.7 Å². The Morgan fingerprint density at radius 1 is 1.23 bits per heavy atom. The lowest BCUT2D eigenvalue weighted by molar-refractivity contribution is -0.134. The molecule has 7 nitrogen and oxygen atoms in total. The van der Waals surface area contributed by atoms with E-state index < -0.39 is 5.97 Å². The third-order valence-electron chi connectivity index (χ3n) is 4.59. The Morgan fingerprint density at radius 2 is 1.96 bits per heavy atom. The number of anilines is 1. The highest BCUT2D eigenvalue weighted by molar-refractivity contribution is 6.30. The van der Waals surface area contributed by atoms with Crippen LogP contribution in [-0.4, -0.2) is 59.3 Å². The summed E-state index contributed by atoms with van der Waals surface area (Å²) in [5, 5.41) is 4.70. The largest absolute Gasteiger partial charge is 0.452 e. The van der Waals surface area contributed by atoms with E-state index in [4.69, 9.17) is 16.3 Å². The Kier molecular flexibility index (Phi) is 5.46. The number of esters is 1. The number of piperazine rings is 1. The van der Waals surface area contributed by atoms with Gasteiger partial charge in [0.15, 0.2) is 6.61 Å². The quantitative estimate of drug-likeness (QED) is 0.762. The summed E-state index contributed by atoms with van der Waals surface area (Å²) in [6.07, 6.45) is 1.45. The summed E-state index contributed by atoms with van der Waals surface area (Å²) >= 11 is 6.03. The van der Waals surface area contributed by atoms with Crippen LogP contribution < -0.4 is 4.90 Å². The molecule has 0 N–H and O–H groups in total. The van der Waals surface area contributed by atoms with Crippen molar-refractivity contribution >= 4 is 29.2 Å². The minimum absolute atomic E-state index is 0.189. The predicted octanol–water partition coefficient (Wildman–Crippen LogP) is 1.89. The minimum Gasteiger partial charge on any atom is -0.452 e. The maximum absolute atomic E-state index is 12.3. The van der Waals surface area contributed by atoms with Crippen molar-refractivity contribution in [1.82, 2.24) is 14.7 Å². The van der Waals surface area contributed by atoms with E-state index in [1.54, 1.807) is 23.6 Å². The molecule has 0 spiro atoms. The second kappa shape index (κ2) is 7.78. The van der Waals surface area contributed by atoms with E-state index in [-0.39, 0.29) is 12.5 Å². The number of carbonyl (C=O) groups excluding carboxylic acids is 2. The highest BCUT2D eigenvalue weighted by atomic mass is 35.5. The van der Waals surface area contributed by atoms with E-state index in [2.05, 4.69) is 10.00 Å². The molecule has 1 saturated heterocycles. The number of nitrogens with zero attached hydrogens (tertiary/aromatic N) is 4. The molecule has 0 saturated carbocycles. The van der Waals surface area contributed by atoms with Gasteiger partial charge in [0, 0.05) is 49.6 Å². The molecular formula is C18H21ClN4O3. The first-order valence-electron chi connectivity index (χ1n) is 8.39. The fraction of sp³-hybridized carbons (Fsp3) is 0.389. The standard InChI is InChI=1S/C18H21ClN4O3/c1-13-16(11-20-21(13)2)18(25)26-12-17(24)23-8-6-22(7-9-23)15-5-3-4-14(19)10-15/h3-5,10-11H,6-9,12H2,1-2H3. The summed E-state index contributed by atoms with van der Waals surface area (Å²) in [5.41, 5.74) is 2.13. The number of carbonyl (C=O) groups is 2. The van der Waals surface area contributed by atoms with Crippen LogP contribution in [0.3, 0.4) is 0 Å². The first-order valence-corrected chi connectivity index (χ1v) is 8.77. The van der Waals surface area contributed by atoms with E-state index >= 15 is 0 Å². The molecule has 1 aromatic heterocycles. The minimum atomic E-state index is -0.526. The highest BCUT2D eigenvalue weighted by Crippen LogP contribution is 2.20. The maximum Gasteiger partial charge on any atom is 0.342 e. The Bertz CT molecular complexity index is 813. The average Bonchev–Trinajstić information content (AvgIpc) is 2.98. The first kappa shape index (κ1) is 18.3. The van der Waals surface area contributed by atoms with Crippen molar-refractivity contribution in [3.8, 4) is 0 Å². The summed E-state index contributed by atoms with van der Waals surface area (Å²) in [4.78, 5) is 28.3. The van der Waals surface area contributed by atoms with Gasteiger partial charge in [0.2, 0.25) is 0 Å². The van der Waals surface area contributed by atoms with E-state index in [0.717, 1.165) is 5.69 Å². The van der Waals surface area contributed by atoms with Gasteiger partial charge >= 0.3 is 5.97 Å². The number of aromatic nitrogens is 2.